The predicted octanol–water partition coefficient (Wildman–Crippen LogP) is 1.90. The third-order valence-electron chi connectivity index (χ3n) is 1.92. The van der Waals surface area contributed by atoms with Crippen molar-refractivity contribution in [3.8, 4) is 0 Å². The number of amides is 1. The van der Waals surface area contributed by atoms with Crippen molar-refractivity contribution in [1.82, 2.24) is 4.90 Å². The van der Waals surface area contributed by atoms with Gasteiger partial charge in [-0.1, -0.05) is 12.1 Å². The van der Waals surface area contributed by atoms with Crippen LogP contribution in [0.3, 0.4) is 0 Å². The van der Waals surface area contributed by atoms with Gasteiger partial charge in [-0.05, 0) is 12.1 Å². The number of nitrogens with zero attached hydrogens (tertiary/aromatic N) is 1. The third kappa shape index (κ3) is 4.51. The van der Waals surface area contributed by atoms with Crippen LogP contribution in [-0.2, 0) is 4.79 Å². The van der Waals surface area contributed by atoms with Gasteiger partial charge in [0.15, 0.2) is 5.78 Å². The van der Waals surface area contributed by atoms with Gasteiger partial charge in [-0.15, -0.1) is 0 Å². The Morgan fingerprint density at radius 2 is 2.12 bits per heavy atom. The predicted molar refractivity (Wildman–Crippen MR) is 67.9 cm³/mol. The highest BCUT2D eigenvalue weighted by Gasteiger charge is 2.03. The summed E-state index contributed by atoms with van der Waals surface area (Å²) in [6.07, 6.45) is 1.37. The van der Waals surface area contributed by atoms with Crippen molar-refractivity contribution in [3.05, 3.63) is 42.1 Å². The van der Waals surface area contributed by atoms with E-state index in [9.17, 15) is 9.59 Å². The number of carbonyl (C=O) groups is 2. The number of hydrogen-bond donors (Lipinski definition) is 1. The number of rotatable bonds is 4. The molecule has 1 aromatic rings. The molecule has 0 saturated heterocycles. The van der Waals surface area contributed by atoms with E-state index in [-0.39, 0.29) is 17.9 Å². The van der Waals surface area contributed by atoms with Crippen LogP contribution in [0, 0.1) is 0 Å². The first-order valence-electron chi connectivity index (χ1n) is 5.67. The Morgan fingerprint density at radius 3 is 2.71 bits per heavy atom. The lowest BCUT2D eigenvalue weighted by molar-refractivity contribution is -0.114. The molecule has 0 aliphatic heterocycles. The highest BCUT2D eigenvalue weighted by Crippen LogP contribution is 2.11. The summed E-state index contributed by atoms with van der Waals surface area (Å²) in [5.74, 6) is -0.453. The Hall–Kier alpha value is -2.10. The molecule has 0 fully saturated rings. The van der Waals surface area contributed by atoms with Crippen molar-refractivity contribution in [2.45, 2.75) is 6.92 Å². The Balaban J connectivity index is 2.93. The van der Waals surface area contributed by atoms with Crippen LogP contribution in [0.5, 0.6) is 0 Å². The average Bonchev–Trinajstić information content (AvgIpc) is 2.28. The summed E-state index contributed by atoms with van der Waals surface area (Å²) in [5.41, 5.74) is 1.01. The van der Waals surface area contributed by atoms with Crippen LogP contribution in [0.25, 0.3) is 0 Å². The van der Waals surface area contributed by atoms with Crippen molar-refractivity contribution in [1.29, 1.82) is 0 Å². The molecular formula is C13H16N2O2. The third-order valence-corrected chi connectivity index (χ3v) is 1.92. The van der Waals surface area contributed by atoms with Crippen molar-refractivity contribution < 1.29 is 11.0 Å². The summed E-state index contributed by atoms with van der Waals surface area (Å²) in [7, 11) is 3.39. The zero-order chi connectivity index (χ0) is 13.7. The SMILES string of the molecule is [2H]/C(=C\C(=O)c1cccc(NC(C)=O)c1)N(C)C. The van der Waals surface area contributed by atoms with E-state index in [1.165, 1.54) is 17.9 Å². The second-order valence-corrected chi connectivity index (χ2v) is 3.79. The van der Waals surface area contributed by atoms with Crippen molar-refractivity contribution >= 4 is 17.4 Å². The van der Waals surface area contributed by atoms with Gasteiger partial charge in [0.25, 0.3) is 0 Å². The minimum absolute atomic E-state index is 0.130. The molecule has 0 atom stereocenters. The number of ketones is 1. The van der Waals surface area contributed by atoms with Gasteiger partial charge >= 0.3 is 0 Å². The number of hydrogen-bond acceptors (Lipinski definition) is 3. The molecule has 1 aromatic carbocycles. The minimum Gasteiger partial charge on any atom is -0.383 e. The molecule has 0 bridgehead atoms. The Labute approximate surface area is 102 Å². The zero-order valence-electron chi connectivity index (χ0n) is 11.2. The summed E-state index contributed by atoms with van der Waals surface area (Å²) in [6, 6.07) is 6.62. The van der Waals surface area contributed by atoms with E-state index in [1.807, 2.05) is 0 Å². The maximum Gasteiger partial charge on any atom is 0.221 e. The first-order chi connectivity index (χ1) is 8.40. The molecule has 1 amide bonds. The van der Waals surface area contributed by atoms with Gasteiger partial charge in [0, 0.05) is 44.5 Å². The van der Waals surface area contributed by atoms with Crippen LogP contribution in [0.15, 0.2) is 36.5 Å². The fourth-order valence-electron chi connectivity index (χ4n) is 1.22. The van der Waals surface area contributed by atoms with Crippen LogP contribution in [0.1, 0.15) is 18.7 Å². The van der Waals surface area contributed by atoms with Crippen LogP contribution in [0.2, 0.25) is 0 Å². The fraction of sp³-hybridized carbons (Fsp3) is 0.231. The lowest BCUT2D eigenvalue weighted by Crippen LogP contribution is -2.07. The van der Waals surface area contributed by atoms with Crippen molar-refractivity contribution in [3.63, 3.8) is 0 Å². The smallest absolute Gasteiger partial charge is 0.221 e. The van der Waals surface area contributed by atoms with Gasteiger partial charge in [-0.25, -0.2) is 0 Å². The lowest BCUT2D eigenvalue weighted by atomic mass is 10.1. The largest absolute Gasteiger partial charge is 0.383 e. The lowest BCUT2D eigenvalue weighted by Gasteiger charge is -2.05. The quantitative estimate of drug-likeness (QED) is 0.638. The first-order valence-corrected chi connectivity index (χ1v) is 5.17. The standard InChI is InChI=1S/C13H16N2O2/c1-10(16)14-12-6-4-5-11(9-12)13(17)7-8-15(2)3/h4-9H,1-3H3,(H,14,16)/b8-7+/i8D. The molecule has 0 heterocycles. The molecule has 90 valence electrons. The van der Waals surface area contributed by atoms with E-state index in [0.717, 1.165) is 0 Å². The molecule has 0 spiro atoms. The normalized spacial score (nSPS) is 11.7. The Bertz CT molecular complexity index is 496. The second-order valence-electron chi connectivity index (χ2n) is 3.79. The molecule has 0 radical (unpaired) electrons. The maximum atomic E-state index is 11.9. The topological polar surface area (TPSA) is 49.4 Å². The highest BCUT2D eigenvalue weighted by atomic mass is 16.1. The molecular weight excluding hydrogens is 216 g/mol. The fourth-order valence-corrected chi connectivity index (χ4v) is 1.22. The Morgan fingerprint density at radius 1 is 1.41 bits per heavy atom. The van der Waals surface area contributed by atoms with Gasteiger partial charge < -0.3 is 10.2 Å². The molecule has 0 aliphatic carbocycles. The van der Waals surface area contributed by atoms with E-state index in [0.29, 0.717) is 11.3 Å². The van der Waals surface area contributed by atoms with Crippen LogP contribution in [0.4, 0.5) is 5.69 Å². The number of nitrogens with one attached hydrogen (secondary N) is 1. The van der Waals surface area contributed by atoms with E-state index < -0.39 is 0 Å². The first kappa shape index (κ1) is 11.4. The Kier molecular flexibility index (Phi) is 3.91. The zero-order valence-corrected chi connectivity index (χ0v) is 10.2. The van der Waals surface area contributed by atoms with Crippen molar-refractivity contribution in [2.75, 3.05) is 19.4 Å². The summed E-state index contributed by atoms with van der Waals surface area (Å²) in [6.45, 7) is 1.41. The minimum atomic E-state index is -0.263. The number of anilines is 1. The summed E-state index contributed by atoms with van der Waals surface area (Å²) < 4.78 is 7.57. The summed E-state index contributed by atoms with van der Waals surface area (Å²) >= 11 is 0. The molecule has 0 aromatic heterocycles. The summed E-state index contributed by atoms with van der Waals surface area (Å²) in [5, 5.41) is 2.61. The van der Waals surface area contributed by atoms with Gasteiger partial charge in [0.1, 0.15) is 0 Å². The molecule has 1 N–H and O–H groups in total. The average molecular weight is 233 g/mol. The maximum absolute atomic E-state index is 11.9. The van der Waals surface area contributed by atoms with Gasteiger partial charge in [0.2, 0.25) is 5.91 Å². The summed E-state index contributed by atoms with van der Waals surface area (Å²) in [4.78, 5) is 24.3. The van der Waals surface area contributed by atoms with Gasteiger partial charge in [-0.3, -0.25) is 9.59 Å². The van der Waals surface area contributed by atoms with E-state index in [4.69, 9.17) is 1.37 Å². The number of benzene rings is 1. The van der Waals surface area contributed by atoms with Gasteiger partial charge in [0.05, 0.1) is 1.37 Å². The van der Waals surface area contributed by atoms with E-state index in [1.54, 1.807) is 38.4 Å². The van der Waals surface area contributed by atoms with Crippen LogP contribution < -0.4 is 5.32 Å². The van der Waals surface area contributed by atoms with Gasteiger partial charge in [-0.2, -0.15) is 0 Å². The molecule has 0 saturated carbocycles. The highest BCUT2D eigenvalue weighted by molar-refractivity contribution is 6.05. The second kappa shape index (κ2) is 5.84. The molecule has 0 unspecified atom stereocenters. The number of allylic oxidation sites excluding steroid dienone is 1. The van der Waals surface area contributed by atoms with E-state index >= 15 is 0 Å². The van der Waals surface area contributed by atoms with Crippen LogP contribution in [-0.4, -0.2) is 30.7 Å². The molecule has 4 heteroatoms. The molecule has 1 rings (SSSR count). The van der Waals surface area contributed by atoms with E-state index in [2.05, 4.69) is 5.32 Å². The van der Waals surface area contributed by atoms with Crippen LogP contribution >= 0.6 is 0 Å². The number of carbonyl (C=O) groups excluding carboxylic acids is 2. The monoisotopic (exact) mass is 233 g/mol. The molecule has 0 aliphatic rings. The molecule has 17 heavy (non-hydrogen) atoms. The van der Waals surface area contributed by atoms with Crippen molar-refractivity contribution in [2.24, 2.45) is 0 Å². The molecule has 4 nitrogen and oxygen atoms in total.